The van der Waals surface area contributed by atoms with Crippen molar-refractivity contribution in [1.82, 2.24) is 10.2 Å². The van der Waals surface area contributed by atoms with E-state index in [2.05, 4.69) is 10.2 Å². The van der Waals surface area contributed by atoms with Crippen molar-refractivity contribution in [3.05, 3.63) is 34.6 Å². The Bertz CT molecular complexity index is 501. The molecule has 84 valence electrons. The van der Waals surface area contributed by atoms with Crippen molar-refractivity contribution in [3.63, 3.8) is 0 Å². The molecule has 4 nitrogen and oxygen atoms in total. The number of ether oxygens (including phenoxy) is 1. The first-order chi connectivity index (χ1) is 7.69. The van der Waals surface area contributed by atoms with Crippen molar-refractivity contribution in [2.75, 3.05) is 0 Å². The van der Waals surface area contributed by atoms with Gasteiger partial charge in [-0.1, -0.05) is 22.5 Å². The highest BCUT2D eigenvalue weighted by Gasteiger charge is 2.06. The van der Waals surface area contributed by atoms with Gasteiger partial charge in [-0.15, -0.1) is 5.10 Å². The van der Waals surface area contributed by atoms with Crippen molar-refractivity contribution >= 4 is 11.3 Å². The fourth-order valence-corrected chi connectivity index (χ4v) is 1.69. The summed E-state index contributed by atoms with van der Waals surface area (Å²) in [4.78, 5) is 0. The molecule has 0 atom stereocenters. The Morgan fingerprint density at radius 3 is 2.88 bits per heavy atom. The van der Waals surface area contributed by atoms with Crippen LogP contribution in [0.2, 0.25) is 0 Å². The molecule has 2 N–H and O–H groups in total. The molecular formula is C10H10FN3OS. The van der Waals surface area contributed by atoms with Gasteiger partial charge in [0.05, 0.1) is 0 Å². The van der Waals surface area contributed by atoms with Gasteiger partial charge in [-0.3, -0.25) is 0 Å². The third-order valence-corrected chi connectivity index (χ3v) is 2.79. The van der Waals surface area contributed by atoms with Gasteiger partial charge in [0.2, 0.25) is 0 Å². The van der Waals surface area contributed by atoms with Crippen LogP contribution in [0, 0.1) is 12.7 Å². The van der Waals surface area contributed by atoms with Crippen LogP contribution in [-0.4, -0.2) is 10.2 Å². The van der Waals surface area contributed by atoms with Gasteiger partial charge in [0.25, 0.3) is 5.19 Å². The Morgan fingerprint density at radius 2 is 2.25 bits per heavy atom. The summed E-state index contributed by atoms with van der Waals surface area (Å²) < 4.78 is 18.6. The van der Waals surface area contributed by atoms with Gasteiger partial charge < -0.3 is 10.5 Å². The normalized spacial score (nSPS) is 10.4. The molecule has 0 unspecified atom stereocenters. The minimum Gasteiger partial charge on any atom is -0.430 e. The molecule has 6 heteroatoms. The van der Waals surface area contributed by atoms with Gasteiger partial charge in [0.15, 0.2) is 0 Å². The van der Waals surface area contributed by atoms with Crippen LogP contribution < -0.4 is 10.5 Å². The maximum atomic E-state index is 13.2. The summed E-state index contributed by atoms with van der Waals surface area (Å²) in [6.45, 7) is 2.01. The van der Waals surface area contributed by atoms with Crippen LogP contribution in [0.15, 0.2) is 18.2 Å². The average Bonchev–Trinajstić information content (AvgIpc) is 2.71. The first-order valence-corrected chi connectivity index (χ1v) is 5.47. The average molecular weight is 239 g/mol. The van der Waals surface area contributed by atoms with E-state index in [1.807, 2.05) is 0 Å². The first-order valence-electron chi connectivity index (χ1n) is 4.65. The van der Waals surface area contributed by atoms with Gasteiger partial charge in [-0.25, -0.2) is 4.39 Å². The number of rotatable bonds is 3. The molecule has 0 aliphatic carbocycles. The molecule has 1 heterocycles. The number of hydrogen-bond donors (Lipinski definition) is 1. The van der Waals surface area contributed by atoms with E-state index >= 15 is 0 Å². The highest BCUT2D eigenvalue weighted by Crippen LogP contribution is 2.25. The second-order valence-corrected chi connectivity index (χ2v) is 4.20. The van der Waals surface area contributed by atoms with Crippen molar-refractivity contribution in [3.8, 4) is 10.9 Å². The number of aryl methyl sites for hydroxylation is 1. The fraction of sp³-hybridized carbons (Fsp3) is 0.200. The van der Waals surface area contributed by atoms with Crippen LogP contribution in [0.25, 0.3) is 0 Å². The van der Waals surface area contributed by atoms with E-state index in [1.165, 1.54) is 17.4 Å². The zero-order valence-electron chi connectivity index (χ0n) is 8.61. The van der Waals surface area contributed by atoms with Crippen LogP contribution in [-0.2, 0) is 6.54 Å². The van der Waals surface area contributed by atoms with E-state index in [4.69, 9.17) is 10.5 Å². The van der Waals surface area contributed by atoms with E-state index in [9.17, 15) is 4.39 Å². The van der Waals surface area contributed by atoms with Gasteiger partial charge in [0.1, 0.15) is 16.6 Å². The summed E-state index contributed by atoms with van der Waals surface area (Å²) in [5.41, 5.74) is 5.97. The minimum atomic E-state index is -0.305. The van der Waals surface area contributed by atoms with Crippen molar-refractivity contribution in [2.45, 2.75) is 13.5 Å². The Hall–Kier alpha value is -1.53. The summed E-state index contributed by atoms with van der Waals surface area (Å²) in [6, 6.07) is 4.65. The predicted octanol–water partition coefficient (Wildman–Crippen LogP) is 2.24. The highest BCUT2D eigenvalue weighted by atomic mass is 32.1. The lowest BCUT2D eigenvalue weighted by Gasteiger charge is -2.02. The molecule has 0 saturated carbocycles. The molecule has 2 aromatic rings. The van der Waals surface area contributed by atoms with E-state index < -0.39 is 0 Å². The third kappa shape index (κ3) is 2.34. The number of aromatic nitrogens is 2. The summed E-state index contributed by atoms with van der Waals surface area (Å²) in [6.07, 6.45) is 0. The van der Waals surface area contributed by atoms with Gasteiger partial charge in [-0.2, -0.15) is 0 Å². The first kappa shape index (κ1) is 11.0. The second kappa shape index (κ2) is 4.54. The quantitative estimate of drug-likeness (QED) is 0.892. The molecule has 16 heavy (non-hydrogen) atoms. The van der Waals surface area contributed by atoms with Crippen LogP contribution >= 0.6 is 11.3 Å². The number of hydrogen-bond acceptors (Lipinski definition) is 5. The highest BCUT2D eigenvalue weighted by molar-refractivity contribution is 7.13. The van der Waals surface area contributed by atoms with Crippen molar-refractivity contribution in [1.29, 1.82) is 0 Å². The Balaban J connectivity index is 2.17. The van der Waals surface area contributed by atoms with E-state index in [0.717, 1.165) is 0 Å². The molecule has 0 fully saturated rings. The molecule has 2 rings (SSSR count). The SMILES string of the molecule is Cc1ccc(Oc2nnc(CN)s2)cc1F. The van der Waals surface area contributed by atoms with Crippen LogP contribution in [0.5, 0.6) is 10.9 Å². The van der Waals surface area contributed by atoms with Crippen molar-refractivity contribution in [2.24, 2.45) is 5.73 Å². The molecule has 0 aliphatic rings. The second-order valence-electron chi connectivity index (χ2n) is 3.18. The molecule has 0 bridgehead atoms. The summed E-state index contributed by atoms with van der Waals surface area (Å²) in [5, 5.41) is 8.62. The largest absolute Gasteiger partial charge is 0.430 e. The van der Waals surface area contributed by atoms with Crippen LogP contribution in [0.1, 0.15) is 10.6 Å². The van der Waals surface area contributed by atoms with E-state index in [0.29, 0.717) is 28.1 Å². The van der Waals surface area contributed by atoms with Gasteiger partial charge >= 0.3 is 0 Å². The fourth-order valence-electron chi connectivity index (χ4n) is 1.10. The standard InChI is InChI=1S/C10H10FN3OS/c1-6-2-3-7(4-8(6)11)15-10-14-13-9(5-12)16-10/h2-4H,5,12H2,1H3. The molecule has 0 amide bonds. The minimum absolute atomic E-state index is 0.305. The number of nitrogens with zero attached hydrogens (tertiary/aromatic N) is 2. The molecule has 0 radical (unpaired) electrons. The number of halogens is 1. The Morgan fingerprint density at radius 1 is 1.44 bits per heavy atom. The lowest BCUT2D eigenvalue weighted by atomic mass is 10.2. The zero-order chi connectivity index (χ0) is 11.5. The van der Waals surface area contributed by atoms with Gasteiger partial charge in [-0.05, 0) is 18.6 Å². The smallest absolute Gasteiger partial charge is 0.299 e. The summed E-state index contributed by atoms with van der Waals surface area (Å²) >= 11 is 1.25. The van der Waals surface area contributed by atoms with E-state index in [-0.39, 0.29) is 5.82 Å². The maximum absolute atomic E-state index is 13.2. The predicted molar refractivity (Wildman–Crippen MR) is 59.0 cm³/mol. The zero-order valence-corrected chi connectivity index (χ0v) is 9.42. The Labute approximate surface area is 95.9 Å². The monoisotopic (exact) mass is 239 g/mol. The topological polar surface area (TPSA) is 61.0 Å². The Kier molecular flexibility index (Phi) is 3.12. The summed E-state index contributed by atoms with van der Waals surface area (Å²) in [5.74, 6) is 0.101. The van der Waals surface area contributed by atoms with Crippen LogP contribution in [0.4, 0.5) is 4.39 Å². The number of nitrogens with two attached hydrogens (primary N) is 1. The van der Waals surface area contributed by atoms with Crippen LogP contribution in [0.3, 0.4) is 0 Å². The lowest BCUT2D eigenvalue weighted by Crippen LogP contribution is -1.94. The van der Waals surface area contributed by atoms with Gasteiger partial charge in [0, 0.05) is 12.6 Å². The molecule has 0 spiro atoms. The third-order valence-electron chi connectivity index (χ3n) is 1.97. The maximum Gasteiger partial charge on any atom is 0.299 e. The lowest BCUT2D eigenvalue weighted by molar-refractivity contribution is 0.467. The molecule has 0 aliphatic heterocycles. The number of benzene rings is 1. The summed E-state index contributed by atoms with van der Waals surface area (Å²) in [7, 11) is 0. The molecular weight excluding hydrogens is 229 g/mol. The molecule has 1 aromatic heterocycles. The molecule has 1 aromatic carbocycles. The van der Waals surface area contributed by atoms with Crippen molar-refractivity contribution < 1.29 is 9.13 Å². The molecule has 0 saturated heterocycles. The van der Waals surface area contributed by atoms with E-state index in [1.54, 1.807) is 19.1 Å².